The number of nitrogens with one attached hydrogen (secondary N) is 2. The number of rotatable bonds is 7. The van der Waals surface area contributed by atoms with Gasteiger partial charge >= 0.3 is 0 Å². The smallest absolute Gasteiger partial charge is 0.192 e. The summed E-state index contributed by atoms with van der Waals surface area (Å²) in [6, 6.07) is 20.4. The van der Waals surface area contributed by atoms with Crippen molar-refractivity contribution < 1.29 is 0 Å². The number of hydrogen-bond acceptors (Lipinski definition) is 4. The SMILES string of the molecule is Cc1ccn(-c2ccccc2CNC(=NCc2ccccc2)NCc2nnc(C)n2C)n1. The summed E-state index contributed by atoms with van der Waals surface area (Å²) in [7, 11) is 1.96. The Labute approximate surface area is 188 Å². The monoisotopic (exact) mass is 428 g/mol. The van der Waals surface area contributed by atoms with E-state index in [1.165, 1.54) is 0 Å². The van der Waals surface area contributed by atoms with Crippen molar-refractivity contribution in [1.29, 1.82) is 0 Å². The predicted octanol–water partition coefficient (Wildman–Crippen LogP) is 3.05. The lowest BCUT2D eigenvalue weighted by atomic mass is 10.2. The third-order valence-electron chi connectivity index (χ3n) is 5.27. The fourth-order valence-electron chi connectivity index (χ4n) is 3.31. The van der Waals surface area contributed by atoms with Crippen LogP contribution in [0.1, 0.15) is 28.5 Å². The molecule has 0 spiro atoms. The van der Waals surface area contributed by atoms with Gasteiger partial charge in [-0.1, -0.05) is 48.5 Å². The highest BCUT2D eigenvalue weighted by Gasteiger charge is 2.09. The molecule has 4 aromatic rings. The molecule has 8 heteroatoms. The van der Waals surface area contributed by atoms with Crippen molar-refractivity contribution in [3.05, 3.63) is 95.3 Å². The molecule has 0 amide bonds. The highest BCUT2D eigenvalue weighted by Crippen LogP contribution is 2.14. The maximum atomic E-state index is 4.78. The van der Waals surface area contributed by atoms with Crippen LogP contribution in [0.15, 0.2) is 71.9 Å². The summed E-state index contributed by atoms with van der Waals surface area (Å²) in [5.41, 5.74) is 4.30. The minimum Gasteiger partial charge on any atom is -0.352 e. The summed E-state index contributed by atoms with van der Waals surface area (Å²) in [6.45, 7) is 5.64. The van der Waals surface area contributed by atoms with Gasteiger partial charge in [0.25, 0.3) is 0 Å². The van der Waals surface area contributed by atoms with Gasteiger partial charge in [-0.2, -0.15) is 5.10 Å². The number of para-hydroxylation sites is 1. The molecule has 0 fully saturated rings. The lowest BCUT2D eigenvalue weighted by Gasteiger charge is -2.15. The average Bonchev–Trinajstić information content (AvgIpc) is 3.39. The molecule has 8 nitrogen and oxygen atoms in total. The predicted molar refractivity (Wildman–Crippen MR) is 125 cm³/mol. The molecule has 0 aliphatic heterocycles. The van der Waals surface area contributed by atoms with Crippen LogP contribution in [0.25, 0.3) is 5.69 Å². The molecule has 2 aromatic carbocycles. The fraction of sp³-hybridized carbons (Fsp3) is 0.250. The van der Waals surface area contributed by atoms with E-state index < -0.39 is 0 Å². The van der Waals surface area contributed by atoms with Crippen LogP contribution < -0.4 is 10.6 Å². The number of aromatic nitrogens is 5. The zero-order valence-corrected chi connectivity index (χ0v) is 18.7. The molecular weight excluding hydrogens is 400 g/mol. The Morgan fingerprint density at radius 1 is 0.906 bits per heavy atom. The number of nitrogens with zero attached hydrogens (tertiary/aromatic N) is 6. The molecule has 2 aromatic heterocycles. The fourth-order valence-corrected chi connectivity index (χ4v) is 3.31. The lowest BCUT2D eigenvalue weighted by molar-refractivity contribution is 0.712. The molecule has 0 aliphatic carbocycles. The van der Waals surface area contributed by atoms with Crippen LogP contribution in [0, 0.1) is 13.8 Å². The molecule has 4 rings (SSSR count). The first-order chi connectivity index (χ1) is 15.6. The number of benzene rings is 2. The minimum absolute atomic E-state index is 0.526. The summed E-state index contributed by atoms with van der Waals surface area (Å²) in [6.07, 6.45) is 1.98. The Balaban J connectivity index is 1.50. The van der Waals surface area contributed by atoms with Gasteiger partial charge in [-0.15, -0.1) is 10.2 Å². The first-order valence-corrected chi connectivity index (χ1v) is 10.6. The second-order valence-electron chi connectivity index (χ2n) is 7.61. The average molecular weight is 429 g/mol. The molecule has 164 valence electrons. The first kappa shape index (κ1) is 21.3. The van der Waals surface area contributed by atoms with Crippen molar-refractivity contribution in [3.8, 4) is 5.69 Å². The van der Waals surface area contributed by atoms with Crippen LogP contribution in [0.3, 0.4) is 0 Å². The van der Waals surface area contributed by atoms with Crippen molar-refractivity contribution in [2.24, 2.45) is 12.0 Å². The molecule has 2 N–H and O–H groups in total. The molecule has 32 heavy (non-hydrogen) atoms. The van der Waals surface area contributed by atoms with Crippen molar-refractivity contribution in [2.45, 2.75) is 33.5 Å². The van der Waals surface area contributed by atoms with Gasteiger partial charge in [0.2, 0.25) is 0 Å². The molecular formula is C24H28N8. The second-order valence-corrected chi connectivity index (χ2v) is 7.61. The molecule has 0 radical (unpaired) electrons. The van der Waals surface area contributed by atoms with Crippen molar-refractivity contribution >= 4 is 5.96 Å². The zero-order chi connectivity index (χ0) is 22.3. The molecule has 0 aliphatic rings. The van der Waals surface area contributed by atoms with E-state index >= 15 is 0 Å². The molecule has 2 heterocycles. The Bertz CT molecular complexity index is 1190. The largest absolute Gasteiger partial charge is 0.352 e. The summed E-state index contributed by atoms with van der Waals surface area (Å²) in [4.78, 5) is 4.78. The lowest BCUT2D eigenvalue weighted by Crippen LogP contribution is -2.37. The van der Waals surface area contributed by atoms with Crippen molar-refractivity contribution in [3.63, 3.8) is 0 Å². The first-order valence-electron chi connectivity index (χ1n) is 10.6. The Kier molecular flexibility index (Phi) is 6.60. The maximum absolute atomic E-state index is 4.78. The van der Waals surface area contributed by atoms with Gasteiger partial charge in [0.15, 0.2) is 11.8 Å². The number of aliphatic imine (C=N–C) groups is 1. The van der Waals surface area contributed by atoms with Crippen LogP contribution in [0.5, 0.6) is 0 Å². The number of hydrogen-bond donors (Lipinski definition) is 2. The summed E-state index contributed by atoms with van der Waals surface area (Å²) in [5.74, 6) is 2.44. The molecule has 0 saturated carbocycles. The highest BCUT2D eigenvalue weighted by atomic mass is 15.3. The summed E-state index contributed by atoms with van der Waals surface area (Å²) in [5, 5.41) is 19.8. The van der Waals surface area contributed by atoms with Gasteiger partial charge in [-0.05, 0) is 37.1 Å². The van der Waals surface area contributed by atoms with Gasteiger partial charge in [-0.25, -0.2) is 9.67 Å². The van der Waals surface area contributed by atoms with Crippen molar-refractivity contribution in [2.75, 3.05) is 0 Å². The molecule has 0 unspecified atom stereocenters. The van der Waals surface area contributed by atoms with Gasteiger partial charge in [0.1, 0.15) is 5.82 Å². The van der Waals surface area contributed by atoms with Crippen LogP contribution in [0.4, 0.5) is 0 Å². The topological polar surface area (TPSA) is 85.0 Å². The third-order valence-corrected chi connectivity index (χ3v) is 5.27. The third kappa shape index (κ3) is 5.21. The normalized spacial score (nSPS) is 11.5. The van der Waals surface area contributed by atoms with Crippen LogP contribution in [0.2, 0.25) is 0 Å². The molecule has 0 atom stereocenters. The van der Waals surface area contributed by atoms with E-state index in [2.05, 4.69) is 50.2 Å². The summed E-state index contributed by atoms with van der Waals surface area (Å²) < 4.78 is 3.88. The van der Waals surface area contributed by atoms with E-state index in [9.17, 15) is 0 Å². The molecule has 0 saturated heterocycles. The van der Waals surface area contributed by atoms with E-state index in [4.69, 9.17) is 4.99 Å². The Morgan fingerprint density at radius 3 is 2.38 bits per heavy atom. The van der Waals surface area contributed by atoms with Crippen molar-refractivity contribution in [1.82, 2.24) is 35.2 Å². The van der Waals surface area contributed by atoms with Gasteiger partial charge in [0.05, 0.1) is 24.5 Å². The van der Waals surface area contributed by atoms with Gasteiger partial charge < -0.3 is 15.2 Å². The zero-order valence-electron chi connectivity index (χ0n) is 18.7. The quantitative estimate of drug-likeness (QED) is 0.349. The van der Waals surface area contributed by atoms with Crippen LogP contribution in [-0.2, 0) is 26.7 Å². The standard InChI is InChI=1S/C24H28N8/c1-18-13-14-32(30-18)22-12-8-7-11-21(22)16-26-24(25-15-20-9-5-4-6-10-20)27-17-23-29-28-19(2)31(23)3/h4-14H,15-17H2,1-3H3,(H2,25,26,27). The summed E-state index contributed by atoms with van der Waals surface area (Å²) >= 11 is 0. The van der Waals surface area contributed by atoms with E-state index in [0.29, 0.717) is 25.6 Å². The second kappa shape index (κ2) is 9.91. The minimum atomic E-state index is 0.526. The van der Waals surface area contributed by atoms with E-state index in [1.807, 2.05) is 72.7 Å². The Hall–Kier alpha value is -3.94. The Morgan fingerprint density at radius 2 is 1.66 bits per heavy atom. The highest BCUT2D eigenvalue weighted by molar-refractivity contribution is 5.79. The van der Waals surface area contributed by atoms with Gasteiger partial charge in [-0.3, -0.25) is 0 Å². The van der Waals surface area contributed by atoms with E-state index in [0.717, 1.165) is 34.2 Å². The van der Waals surface area contributed by atoms with Crippen LogP contribution >= 0.6 is 0 Å². The van der Waals surface area contributed by atoms with Gasteiger partial charge in [0, 0.05) is 19.8 Å². The molecule has 0 bridgehead atoms. The van der Waals surface area contributed by atoms with E-state index in [1.54, 1.807) is 0 Å². The van der Waals surface area contributed by atoms with E-state index in [-0.39, 0.29) is 0 Å². The number of guanidine groups is 1. The van der Waals surface area contributed by atoms with Crippen LogP contribution in [-0.4, -0.2) is 30.5 Å². The maximum Gasteiger partial charge on any atom is 0.192 e. The number of aryl methyl sites for hydroxylation is 2.